The van der Waals surface area contributed by atoms with Crippen LogP contribution in [0.5, 0.6) is 0 Å². The third kappa shape index (κ3) is 3.56. The van der Waals surface area contributed by atoms with E-state index in [1.807, 2.05) is 0 Å². The summed E-state index contributed by atoms with van der Waals surface area (Å²) >= 11 is 0. The van der Waals surface area contributed by atoms with Crippen molar-refractivity contribution in [1.82, 2.24) is 20.2 Å². The van der Waals surface area contributed by atoms with Crippen molar-refractivity contribution in [3.63, 3.8) is 0 Å². The molecule has 7 heteroatoms. The van der Waals surface area contributed by atoms with Crippen molar-refractivity contribution in [2.45, 2.75) is 19.5 Å². The molecule has 1 aromatic heterocycles. The molecule has 1 unspecified atom stereocenters. The third-order valence-corrected chi connectivity index (χ3v) is 2.24. The van der Waals surface area contributed by atoms with Gasteiger partial charge in [0.05, 0.1) is 6.33 Å². The number of nitrogens with zero attached hydrogens (tertiary/aromatic N) is 2. The molecule has 0 aliphatic rings. The second-order valence-electron chi connectivity index (χ2n) is 3.59. The lowest BCUT2D eigenvalue weighted by Gasteiger charge is -2.10. The number of hydrogen-bond donors (Lipinski definition) is 3. The van der Waals surface area contributed by atoms with Crippen LogP contribution in [-0.4, -0.2) is 41.0 Å². The van der Waals surface area contributed by atoms with Crippen LogP contribution in [0.3, 0.4) is 0 Å². The second kappa shape index (κ2) is 6.00. The quantitative estimate of drug-likeness (QED) is 0.594. The van der Waals surface area contributed by atoms with Gasteiger partial charge in [0.25, 0.3) is 5.91 Å². The number of imidazole rings is 1. The molecule has 0 bridgehead atoms. The van der Waals surface area contributed by atoms with Gasteiger partial charge in [-0.15, -0.1) is 0 Å². The number of carbonyl (C=O) groups is 2. The Morgan fingerprint density at radius 2 is 2.29 bits per heavy atom. The fourth-order valence-electron chi connectivity index (χ4n) is 1.30. The number of likely N-dealkylation sites (N-methyl/N-ethyl adjacent to an activating group) is 1. The van der Waals surface area contributed by atoms with Crippen LogP contribution in [0.25, 0.3) is 0 Å². The van der Waals surface area contributed by atoms with Gasteiger partial charge in [-0.2, -0.15) is 0 Å². The molecule has 0 aliphatic heterocycles. The van der Waals surface area contributed by atoms with Gasteiger partial charge in [0.2, 0.25) is 5.91 Å². The van der Waals surface area contributed by atoms with Gasteiger partial charge in [0.1, 0.15) is 11.7 Å². The SMILES string of the molecule is CNC(=O)C(C)NC(=O)c1cn(CCN)cn1. The van der Waals surface area contributed by atoms with Gasteiger partial charge in [-0.05, 0) is 6.92 Å². The first-order valence-electron chi connectivity index (χ1n) is 5.32. The van der Waals surface area contributed by atoms with E-state index in [4.69, 9.17) is 5.73 Å². The predicted molar refractivity (Wildman–Crippen MR) is 62.3 cm³/mol. The van der Waals surface area contributed by atoms with E-state index in [-0.39, 0.29) is 17.5 Å². The summed E-state index contributed by atoms with van der Waals surface area (Å²) in [5, 5.41) is 5.00. The van der Waals surface area contributed by atoms with E-state index >= 15 is 0 Å². The molecule has 7 nitrogen and oxygen atoms in total. The van der Waals surface area contributed by atoms with Gasteiger partial charge in [0, 0.05) is 26.3 Å². The lowest BCUT2D eigenvalue weighted by molar-refractivity contribution is -0.122. The largest absolute Gasteiger partial charge is 0.357 e. The van der Waals surface area contributed by atoms with E-state index in [9.17, 15) is 9.59 Å². The summed E-state index contributed by atoms with van der Waals surface area (Å²) in [6, 6.07) is -0.591. The third-order valence-electron chi connectivity index (χ3n) is 2.24. The minimum absolute atomic E-state index is 0.250. The summed E-state index contributed by atoms with van der Waals surface area (Å²) in [7, 11) is 1.51. The zero-order valence-corrected chi connectivity index (χ0v) is 9.93. The molecule has 0 radical (unpaired) electrons. The van der Waals surface area contributed by atoms with E-state index in [0.717, 1.165) is 0 Å². The van der Waals surface area contributed by atoms with Gasteiger partial charge < -0.3 is 20.9 Å². The van der Waals surface area contributed by atoms with Crippen molar-refractivity contribution in [3.05, 3.63) is 18.2 Å². The summed E-state index contributed by atoms with van der Waals surface area (Å²) in [4.78, 5) is 26.8. The van der Waals surface area contributed by atoms with Gasteiger partial charge in [-0.3, -0.25) is 9.59 Å². The molecular weight excluding hydrogens is 222 g/mol. The minimum atomic E-state index is -0.591. The summed E-state index contributed by atoms with van der Waals surface area (Å²) < 4.78 is 1.72. The monoisotopic (exact) mass is 239 g/mol. The Hall–Kier alpha value is -1.89. The van der Waals surface area contributed by atoms with Crippen LogP contribution in [0.15, 0.2) is 12.5 Å². The van der Waals surface area contributed by atoms with E-state index < -0.39 is 6.04 Å². The average Bonchev–Trinajstić information content (AvgIpc) is 2.77. The lowest BCUT2D eigenvalue weighted by Crippen LogP contribution is -2.43. The fraction of sp³-hybridized carbons (Fsp3) is 0.500. The normalized spacial score (nSPS) is 11.9. The maximum absolute atomic E-state index is 11.7. The summed E-state index contributed by atoms with van der Waals surface area (Å²) in [5.41, 5.74) is 5.65. The topological polar surface area (TPSA) is 102 Å². The Kier molecular flexibility index (Phi) is 4.65. The summed E-state index contributed by atoms with van der Waals surface area (Å²) in [5.74, 6) is -0.628. The molecule has 0 aliphatic carbocycles. The van der Waals surface area contributed by atoms with E-state index in [2.05, 4.69) is 15.6 Å². The maximum atomic E-state index is 11.7. The van der Waals surface area contributed by atoms with Crippen LogP contribution in [0, 0.1) is 0 Å². The zero-order chi connectivity index (χ0) is 12.8. The van der Waals surface area contributed by atoms with Crippen LogP contribution in [0.1, 0.15) is 17.4 Å². The van der Waals surface area contributed by atoms with Crippen molar-refractivity contribution in [3.8, 4) is 0 Å². The molecule has 1 aromatic rings. The lowest BCUT2D eigenvalue weighted by atomic mass is 10.3. The van der Waals surface area contributed by atoms with Crippen LogP contribution in [-0.2, 0) is 11.3 Å². The number of carbonyl (C=O) groups excluding carboxylic acids is 2. The molecule has 4 N–H and O–H groups in total. The number of nitrogens with two attached hydrogens (primary N) is 1. The van der Waals surface area contributed by atoms with Crippen LogP contribution in [0.4, 0.5) is 0 Å². The second-order valence-corrected chi connectivity index (χ2v) is 3.59. The highest BCUT2D eigenvalue weighted by Gasteiger charge is 2.16. The Morgan fingerprint density at radius 1 is 1.59 bits per heavy atom. The number of aromatic nitrogens is 2. The van der Waals surface area contributed by atoms with Gasteiger partial charge >= 0.3 is 0 Å². The Labute approximate surface area is 99.4 Å². The van der Waals surface area contributed by atoms with Crippen molar-refractivity contribution in [2.75, 3.05) is 13.6 Å². The highest BCUT2D eigenvalue weighted by Crippen LogP contribution is 1.97. The Balaban J connectivity index is 2.60. The maximum Gasteiger partial charge on any atom is 0.272 e. The first kappa shape index (κ1) is 13.2. The molecule has 1 atom stereocenters. The standard InChI is InChI=1S/C10H17N5O2/c1-7(9(16)12-2)14-10(17)8-5-15(4-3-11)6-13-8/h5-7H,3-4,11H2,1-2H3,(H,12,16)(H,14,17). The number of nitrogens with one attached hydrogen (secondary N) is 2. The minimum Gasteiger partial charge on any atom is -0.357 e. The molecule has 1 rings (SSSR count). The van der Waals surface area contributed by atoms with Crippen molar-refractivity contribution >= 4 is 11.8 Å². The van der Waals surface area contributed by atoms with Crippen molar-refractivity contribution in [2.24, 2.45) is 5.73 Å². The van der Waals surface area contributed by atoms with Crippen LogP contribution >= 0.6 is 0 Å². The van der Waals surface area contributed by atoms with Gasteiger partial charge in [-0.25, -0.2) is 4.98 Å². The molecule has 0 fully saturated rings. The summed E-state index contributed by atoms with van der Waals surface area (Å²) in [6.07, 6.45) is 3.13. The number of hydrogen-bond acceptors (Lipinski definition) is 4. The predicted octanol–water partition coefficient (Wildman–Crippen LogP) is -1.29. The van der Waals surface area contributed by atoms with Gasteiger partial charge in [-0.1, -0.05) is 0 Å². The molecule has 94 valence electrons. The van der Waals surface area contributed by atoms with E-state index in [1.165, 1.54) is 13.4 Å². The molecule has 0 aromatic carbocycles. The van der Waals surface area contributed by atoms with E-state index in [1.54, 1.807) is 17.7 Å². The molecule has 17 heavy (non-hydrogen) atoms. The first-order valence-corrected chi connectivity index (χ1v) is 5.32. The number of amides is 2. The molecule has 0 saturated carbocycles. The van der Waals surface area contributed by atoms with Crippen molar-refractivity contribution < 1.29 is 9.59 Å². The fourth-order valence-corrected chi connectivity index (χ4v) is 1.30. The summed E-state index contributed by atoms with van der Waals surface area (Å²) in [6.45, 7) is 2.69. The number of rotatable bonds is 5. The van der Waals surface area contributed by atoms with Crippen molar-refractivity contribution in [1.29, 1.82) is 0 Å². The molecule has 1 heterocycles. The molecule has 2 amide bonds. The zero-order valence-electron chi connectivity index (χ0n) is 9.93. The first-order chi connectivity index (χ1) is 8.08. The Bertz CT molecular complexity index is 401. The highest BCUT2D eigenvalue weighted by molar-refractivity contribution is 5.95. The van der Waals surface area contributed by atoms with Gasteiger partial charge in [0.15, 0.2) is 0 Å². The molecule has 0 spiro atoms. The van der Waals surface area contributed by atoms with Crippen LogP contribution in [0.2, 0.25) is 0 Å². The Morgan fingerprint density at radius 3 is 2.88 bits per heavy atom. The highest BCUT2D eigenvalue weighted by atomic mass is 16.2. The van der Waals surface area contributed by atoms with E-state index in [0.29, 0.717) is 13.1 Å². The average molecular weight is 239 g/mol. The molecular formula is C10H17N5O2. The smallest absolute Gasteiger partial charge is 0.272 e. The van der Waals surface area contributed by atoms with Crippen LogP contribution < -0.4 is 16.4 Å². The molecule has 0 saturated heterocycles.